The lowest BCUT2D eigenvalue weighted by Gasteiger charge is -2.35. The van der Waals surface area contributed by atoms with Crippen LogP contribution in [0.3, 0.4) is 0 Å². The molecule has 0 unspecified atom stereocenters. The number of rotatable bonds is 6. The molecule has 1 saturated heterocycles. The predicted octanol–water partition coefficient (Wildman–Crippen LogP) is 3.98. The first-order valence-electron chi connectivity index (χ1n) is 11.9. The third kappa shape index (κ3) is 5.27. The molecular weight excluding hydrogens is 454 g/mol. The summed E-state index contributed by atoms with van der Waals surface area (Å²) in [5, 5.41) is 14.0. The van der Waals surface area contributed by atoms with Crippen molar-refractivity contribution in [3.63, 3.8) is 0 Å². The zero-order valence-corrected chi connectivity index (χ0v) is 20.1. The number of anilines is 2. The van der Waals surface area contributed by atoms with Crippen molar-refractivity contribution in [2.75, 3.05) is 43.0 Å². The van der Waals surface area contributed by atoms with E-state index >= 15 is 0 Å². The predicted molar refractivity (Wildman–Crippen MR) is 140 cm³/mol. The van der Waals surface area contributed by atoms with Gasteiger partial charge in [0.1, 0.15) is 5.75 Å². The molecule has 2 amide bonds. The molecule has 1 fully saturated rings. The maximum Gasteiger partial charge on any atom is 0.260 e. The highest BCUT2D eigenvalue weighted by atomic mass is 16.5. The smallest absolute Gasteiger partial charge is 0.260 e. The topological polar surface area (TPSA) is 87.7 Å². The van der Waals surface area contributed by atoms with Crippen LogP contribution in [0, 0.1) is 0 Å². The van der Waals surface area contributed by atoms with E-state index in [0.29, 0.717) is 37.6 Å². The number of fused-ring (bicyclic) bond motifs is 1. The van der Waals surface area contributed by atoms with Crippen molar-refractivity contribution in [3.05, 3.63) is 78.9 Å². The van der Waals surface area contributed by atoms with Gasteiger partial charge in [0.05, 0.1) is 5.69 Å². The molecule has 2 heterocycles. The van der Waals surface area contributed by atoms with Crippen LogP contribution >= 0.6 is 0 Å². The van der Waals surface area contributed by atoms with Crippen molar-refractivity contribution in [2.24, 2.45) is 0 Å². The van der Waals surface area contributed by atoms with Crippen LogP contribution < -0.4 is 15.0 Å². The lowest BCUT2D eigenvalue weighted by atomic mass is 10.0. The van der Waals surface area contributed by atoms with E-state index < -0.39 is 0 Å². The van der Waals surface area contributed by atoms with Crippen molar-refractivity contribution < 1.29 is 14.3 Å². The Balaban J connectivity index is 1.14. The third-order valence-corrected chi connectivity index (χ3v) is 6.21. The fourth-order valence-electron chi connectivity index (χ4n) is 4.35. The van der Waals surface area contributed by atoms with Crippen LogP contribution in [-0.2, 0) is 9.59 Å². The second-order valence-electron chi connectivity index (χ2n) is 8.67. The Morgan fingerprint density at radius 1 is 0.861 bits per heavy atom. The van der Waals surface area contributed by atoms with E-state index in [1.807, 2.05) is 30.3 Å². The Morgan fingerprint density at radius 3 is 2.33 bits per heavy atom. The minimum Gasteiger partial charge on any atom is -0.484 e. The van der Waals surface area contributed by atoms with Crippen LogP contribution in [0.4, 0.5) is 11.5 Å². The molecule has 1 aromatic heterocycles. The number of hydrogen-bond donors (Lipinski definition) is 1. The van der Waals surface area contributed by atoms with Crippen molar-refractivity contribution in [1.29, 1.82) is 0 Å². The quantitative estimate of drug-likeness (QED) is 0.448. The summed E-state index contributed by atoms with van der Waals surface area (Å²) in [6.45, 7) is 3.97. The highest BCUT2D eigenvalue weighted by Crippen LogP contribution is 2.27. The summed E-state index contributed by atoms with van der Waals surface area (Å²) in [5.41, 5.74) is 2.59. The first kappa shape index (κ1) is 23.3. The summed E-state index contributed by atoms with van der Waals surface area (Å²) in [4.78, 5) is 27.7. The summed E-state index contributed by atoms with van der Waals surface area (Å²) in [5.74, 6) is 1.20. The van der Waals surface area contributed by atoms with Gasteiger partial charge in [-0.3, -0.25) is 9.59 Å². The molecule has 0 aliphatic carbocycles. The zero-order valence-electron chi connectivity index (χ0n) is 20.1. The largest absolute Gasteiger partial charge is 0.484 e. The normalized spacial score (nSPS) is 13.5. The Kier molecular flexibility index (Phi) is 6.75. The SMILES string of the molecule is CC(=O)Nc1ccc(OCC(=O)N2CCN(c3ccc(-c4cccc5ccccc45)nn3)CC2)cc1. The van der Waals surface area contributed by atoms with Crippen molar-refractivity contribution >= 4 is 34.1 Å². The Labute approximate surface area is 209 Å². The van der Waals surface area contributed by atoms with E-state index in [-0.39, 0.29) is 18.4 Å². The number of ether oxygens (including phenoxy) is 1. The third-order valence-electron chi connectivity index (χ3n) is 6.21. The maximum atomic E-state index is 12.6. The van der Waals surface area contributed by atoms with E-state index in [9.17, 15) is 9.59 Å². The van der Waals surface area contributed by atoms with Crippen LogP contribution in [0.5, 0.6) is 5.75 Å². The van der Waals surface area contributed by atoms with Gasteiger partial charge in [0.15, 0.2) is 12.4 Å². The van der Waals surface area contributed by atoms with E-state index in [1.165, 1.54) is 12.3 Å². The van der Waals surface area contributed by atoms with Gasteiger partial charge in [-0.15, -0.1) is 10.2 Å². The molecule has 0 bridgehead atoms. The second kappa shape index (κ2) is 10.4. The number of benzene rings is 3. The number of piperazine rings is 1. The molecule has 0 atom stereocenters. The first-order valence-corrected chi connectivity index (χ1v) is 11.9. The summed E-state index contributed by atoms with van der Waals surface area (Å²) < 4.78 is 5.64. The molecule has 0 spiro atoms. The van der Waals surface area contributed by atoms with Crippen LogP contribution in [-0.4, -0.2) is 59.7 Å². The average Bonchev–Trinajstić information content (AvgIpc) is 2.92. The maximum absolute atomic E-state index is 12.6. The highest BCUT2D eigenvalue weighted by molar-refractivity contribution is 5.95. The van der Waals surface area contributed by atoms with Crippen LogP contribution in [0.2, 0.25) is 0 Å². The van der Waals surface area contributed by atoms with Crippen molar-refractivity contribution in [3.8, 4) is 17.0 Å². The molecule has 8 heteroatoms. The van der Waals surface area contributed by atoms with Gasteiger partial charge in [-0.25, -0.2) is 0 Å². The van der Waals surface area contributed by atoms with Crippen molar-refractivity contribution in [2.45, 2.75) is 6.92 Å². The number of carbonyl (C=O) groups excluding carboxylic acids is 2. The molecular formula is C28H27N5O3. The second-order valence-corrected chi connectivity index (χ2v) is 8.67. The molecule has 4 aromatic rings. The minimum absolute atomic E-state index is 0.0288. The molecule has 3 aromatic carbocycles. The van der Waals surface area contributed by atoms with Gasteiger partial charge < -0.3 is 19.9 Å². The molecule has 1 aliphatic rings. The van der Waals surface area contributed by atoms with Gasteiger partial charge in [-0.2, -0.15) is 0 Å². The average molecular weight is 482 g/mol. The number of amides is 2. The van der Waals surface area contributed by atoms with E-state index in [2.05, 4.69) is 44.7 Å². The van der Waals surface area contributed by atoms with Crippen LogP contribution in [0.1, 0.15) is 6.92 Å². The Bertz CT molecular complexity index is 1360. The summed E-state index contributed by atoms with van der Waals surface area (Å²) in [6, 6.07) is 25.4. The summed E-state index contributed by atoms with van der Waals surface area (Å²) in [6.07, 6.45) is 0. The summed E-state index contributed by atoms with van der Waals surface area (Å²) >= 11 is 0. The van der Waals surface area contributed by atoms with Gasteiger partial charge in [-0.05, 0) is 47.2 Å². The van der Waals surface area contributed by atoms with E-state index in [1.54, 1.807) is 29.2 Å². The number of carbonyl (C=O) groups is 2. The number of nitrogens with one attached hydrogen (secondary N) is 1. The first-order chi connectivity index (χ1) is 17.6. The highest BCUT2D eigenvalue weighted by Gasteiger charge is 2.22. The fraction of sp³-hybridized carbons (Fsp3) is 0.214. The summed E-state index contributed by atoms with van der Waals surface area (Å²) in [7, 11) is 0. The fourth-order valence-corrected chi connectivity index (χ4v) is 4.35. The molecule has 1 N–H and O–H groups in total. The molecule has 8 nitrogen and oxygen atoms in total. The van der Waals surface area contributed by atoms with Gasteiger partial charge in [0.25, 0.3) is 5.91 Å². The lowest BCUT2D eigenvalue weighted by molar-refractivity contribution is -0.133. The monoisotopic (exact) mass is 481 g/mol. The van der Waals surface area contributed by atoms with Gasteiger partial charge >= 0.3 is 0 Å². The number of aromatic nitrogens is 2. The molecule has 0 saturated carbocycles. The molecule has 1 aliphatic heterocycles. The zero-order chi connectivity index (χ0) is 24.9. The number of hydrogen-bond acceptors (Lipinski definition) is 6. The van der Waals surface area contributed by atoms with Gasteiger partial charge in [0, 0.05) is 44.4 Å². The van der Waals surface area contributed by atoms with E-state index in [0.717, 1.165) is 22.5 Å². The molecule has 5 rings (SSSR count). The van der Waals surface area contributed by atoms with Gasteiger partial charge in [-0.1, -0.05) is 42.5 Å². The Hall–Kier alpha value is -4.46. The molecule has 0 radical (unpaired) electrons. The van der Waals surface area contributed by atoms with Gasteiger partial charge in [0.2, 0.25) is 5.91 Å². The minimum atomic E-state index is -0.135. The van der Waals surface area contributed by atoms with Crippen molar-refractivity contribution in [1.82, 2.24) is 15.1 Å². The standard InChI is InChI=1S/C28H27N5O3/c1-20(34)29-22-9-11-23(12-10-22)36-19-28(35)33-17-15-32(16-18-33)27-14-13-26(30-31-27)25-8-4-6-21-5-2-3-7-24(21)25/h2-14H,15-19H2,1H3,(H,29,34). The van der Waals surface area contributed by atoms with Crippen LogP contribution in [0.15, 0.2) is 78.9 Å². The number of nitrogens with zero attached hydrogens (tertiary/aromatic N) is 4. The van der Waals surface area contributed by atoms with Crippen LogP contribution in [0.25, 0.3) is 22.0 Å². The van der Waals surface area contributed by atoms with E-state index in [4.69, 9.17) is 4.74 Å². The Morgan fingerprint density at radius 2 is 1.61 bits per heavy atom. The molecule has 36 heavy (non-hydrogen) atoms. The molecule has 182 valence electrons. The lowest BCUT2D eigenvalue weighted by Crippen LogP contribution is -2.50.